The van der Waals surface area contributed by atoms with Gasteiger partial charge in [-0.15, -0.1) is 11.8 Å². The molecule has 0 spiro atoms. The number of piperidine rings is 1. The van der Waals surface area contributed by atoms with Crippen LogP contribution in [0.25, 0.3) is 0 Å². The summed E-state index contributed by atoms with van der Waals surface area (Å²) in [5.41, 5.74) is 3.62. The van der Waals surface area contributed by atoms with Gasteiger partial charge in [0.05, 0.1) is 5.69 Å². The van der Waals surface area contributed by atoms with Crippen LogP contribution in [0.3, 0.4) is 0 Å². The summed E-state index contributed by atoms with van der Waals surface area (Å²) in [6.07, 6.45) is 2.62. The Morgan fingerprint density at radius 1 is 1.04 bits per heavy atom. The van der Waals surface area contributed by atoms with E-state index in [1.165, 1.54) is 42.1 Å². The molecule has 1 aliphatic rings. The molecule has 0 N–H and O–H groups in total. The van der Waals surface area contributed by atoms with Crippen molar-refractivity contribution in [3.05, 3.63) is 60.2 Å². The number of benzene rings is 2. The van der Waals surface area contributed by atoms with Crippen molar-refractivity contribution >= 4 is 23.2 Å². The van der Waals surface area contributed by atoms with Crippen LogP contribution in [0.2, 0.25) is 0 Å². The van der Waals surface area contributed by atoms with Gasteiger partial charge in [-0.1, -0.05) is 42.8 Å². The van der Waals surface area contributed by atoms with Crippen molar-refractivity contribution in [2.75, 3.05) is 25.4 Å². The van der Waals surface area contributed by atoms with Crippen molar-refractivity contribution in [1.82, 2.24) is 4.90 Å². The Labute approximate surface area is 156 Å². The molecule has 3 rings (SSSR count). The topological polar surface area (TPSA) is 15.6 Å². The van der Waals surface area contributed by atoms with Crippen LogP contribution in [0, 0.1) is 12.8 Å². The molecular weight excluding hydrogens is 324 g/mol. The minimum absolute atomic E-state index is 0.868. The van der Waals surface area contributed by atoms with E-state index < -0.39 is 0 Å². The highest BCUT2D eigenvalue weighted by molar-refractivity contribution is 8.00. The molecule has 0 bridgehead atoms. The molecule has 0 amide bonds. The van der Waals surface area contributed by atoms with E-state index in [0.717, 1.165) is 23.9 Å². The average molecular weight is 353 g/mol. The number of hydrogen-bond acceptors (Lipinski definition) is 3. The average Bonchev–Trinajstić information content (AvgIpc) is 2.64. The zero-order chi connectivity index (χ0) is 17.5. The van der Waals surface area contributed by atoms with E-state index in [4.69, 9.17) is 4.99 Å². The Morgan fingerprint density at radius 3 is 2.40 bits per heavy atom. The van der Waals surface area contributed by atoms with Crippen LogP contribution in [0.1, 0.15) is 25.3 Å². The Bertz CT molecular complexity index is 671. The zero-order valence-corrected chi connectivity index (χ0v) is 16.1. The molecule has 3 heteroatoms. The fourth-order valence-electron chi connectivity index (χ4n) is 3.08. The van der Waals surface area contributed by atoms with E-state index in [9.17, 15) is 0 Å². The molecule has 1 saturated heterocycles. The fraction of sp³-hybridized carbons (Fsp3) is 0.409. The van der Waals surface area contributed by atoms with E-state index in [0.29, 0.717) is 0 Å². The van der Waals surface area contributed by atoms with Gasteiger partial charge in [0, 0.05) is 22.9 Å². The fourth-order valence-corrected chi connectivity index (χ4v) is 3.92. The maximum Gasteiger partial charge on any atom is 0.0630 e. The van der Waals surface area contributed by atoms with Crippen LogP contribution in [-0.2, 0) is 0 Å². The normalized spacial score (nSPS) is 17.0. The minimum Gasteiger partial charge on any atom is -0.298 e. The number of thioether (sulfide) groups is 1. The van der Waals surface area contributed by atoms with Gasteiger partial charge in [0.15, 0.2) is 0 Å². The monoisotopic (exact) mass is 352 g/mol. The maximum atomic E-state index is 4.98. The van der Waals surface area contributed by atoms with Crippen LogP contribution in [0.4, 0.5) is 5.69 Å². The van der Waals surface area contributed by atoms with Gasteiger partial charge in [0.25, 0.3) is 0 Å². The molecule has 0 unspecified atom stereocenters. The summed E-state index contributed by atoms with van der Waals surface area (Å²) in [5, 5.41) is 0. The number of aryl methyl sites for hydroxylation is 1. The SMILES string of the molecule is Cc1ccc(N=C(CSc2ccccc2)CN2CCC(C)CC2)cc1. The van der Waals surface area contributed by atoms with E-state index in [2.05, 4.69) is 73.3 Å². The Kier molecular flexibility index (Phi) is 6.71. The largest absolute Gasteiger partial charge is 0.298 e. The van der Waals surface area contributed by atoms with Crippen LogP contribution in [0.5, 0.6) is 0 Å². The standard InChI is InChI=1S/C22H28N2S/c1-18-8-10-20(11-9-18)23-21(16-24-14-12-19(2)13-15-24)17-25-22-6-4-3-5-7-22/h3-11,19H,12-17H2,1-2H3. The second-order valence-electron chi connectivity index (χ2n) is 7.07. The van der Waals surface area contributed by atoms with E-state index in [1.54, 1.807) is 0 Å². The first kappa shape index (κ1) is 18.2. The molecule has 0 aromatic heterocycles. The molecule has 0 atom stereocenters. The van der Waals surface area contributed by atoms with Crippen LogP contribution < -0.4 is 0 Å². The number of likely N-dealkylation sites (tertiary alicyclic amines) is 1. The lowest BCUT2D eigenvalue weighted by atomic mass is 9.99. The third kappa shape index (κ3) is 6.02. The van der Waals surface area contributed by atoms with Crippen molar-refractivity contribution in [2.45, 2.75) is 31.6 Å². The molecular formula is C22H28N2S. The molecule has 25 heavy (non-hydrogen) atoms. The van der Waals surface area contributed by atoms with Crippen LogP contribution in [-0.4, -0.2) is 36.0 Å². The van der Waals surface area contributed by atoms with Crippen molar-refractivity contribution in [3.63, 3.8) is 0 Å². The molecule has 2 aromatic rings. The third-order valence-electron chi connectivity index (χ3n) is 4.75. The molecule has 1 fully saturated rings. The Balaban J connectivity index is 1.69. The maximum absolute atomic E-state index is 4.98. The first-order chi connectivity index (χ1) is 12.2. The number of hydrogen-bond donors (Lipinski definition) is 0. The predicted octanol–water partition coefficient (Wildman–Crippen LogP) is 5.59. The van der Waals surface area contributed by atoms with Crippen LogP contribution in [0.15, 0.2) is 64.5 Å². The Hall–Kier alpha value is -1.58. The summed E-state index contributed by atoms with van der Waals surface area (Å²) in [7, 11) is 0. The second kappa shape index (κ2) is 9.21. The number of rotatable bonds is 6. The minimum atomic E-state index is 0.868. The Morgan fingerprint density at radius 2 is 1.72 bits per heavy atom. The number of nitrogens with zero attached hydrogens (tertiary/aromatic N) is 2. The lowest BCUT2D eigenvalue weighted by molar-refractivity contribution is 0.215. The van der Waals surface area contributed by atoms with Crippen molar-refractivity contribution in [1.29, 1.82) is 0 Å². The lowest BCUT2D eigenvalue weighted by Crippen LogP contribution is -2.37. The van der Waals surface area contributed by atoms with Crippen molar-refractivity contribution in [3.8, 4) is 0 Å². The molecule has 2 aromatic carbocycles. The molecule has 0 radical (unpaired) electrons. The summed E-state index contributed by atoms with van der Waals surface area (Å²) in [4.78, 5) is 8.86. The summed E-state index contributed by atoms with van der Waals surface area (Å²) >= 11 is 1.88. The quantitative estimate of drug-likeness (QED) is 0.497. The summed E-state index contributed by atoms with van der Waals surface area (Å²) < 4.78 is 0. The number of aliphatic imine (C=N–C) groups is 1. The highest BCUT2D eigenvalue weighted by atomic mass is 32.2. The first-order valence-corrected chi connectivity index (χ1v) is 10.2. The third-order valence-corrected chi connectivity index (χ3v) is 5.84. The van der Waals surface area contributed by atoms with Crippen molar-refractivity contribution in [2.24, 2.45) is 10.9 Å². The summed E-state index contributed by atoms with van der Waals surface area (Å²) in [6, 6.07) is 19.2. The van der Waals surface area contributed by atoms with Gasteiger partial charge in [-0.2, -0.15) is 0 Å². The molecule has 2 nitrogen and oxygen atoms in total. The van der Waals surface area contributed by atoms with Gasteiger partial charge in [-0.05, 0) is 63.0 Å². The van der Waals surface area contributed by atoms with E-state index in [-0.39, 0.29) is 0 Å². The first-order valence-electron chi connectivity index (χ1n) is 9.22. The van der Waals surface area contributed by atoms with E-state index in [1.807, 2.05) is 11.8 Å². The lowest BCUT2D eigenvalue weighted by Gasteiger charge is -2.30. The highest BCUT2D eigenvalue weighted by Gasteiger charge is 2.17. The molecule has 1 aliphatic heterocycles. The molecule has 132 valence electrons. The summed E-state index contributed by atoms with van der Waals surface area (Å²) in [6.45, 7) is 7.87. The van der Waals surface area contributed by atoms with E-state index >= 15 is 0 Å². The smallest absolute Gasteiger partial charge is 0.0630 e. The highest BCUT2D eigenvalue weighted by Crippen LogP contribution is 2.21. The predicted molar refractivity (Wildman–Crippen MR) is 110 cm³/mol. The van der Waals surface area contributed by atoms with Crippen molar-refractivity contribution < 1.29 is 0 Å². The second-order valence-corrected chi connectivity index (χ2v) is 8.12. The van der Waals surface area contributed by atoms with Gasteiger partial charge in [-0.25, -0.2) is 0 Å². The molecule has 0 saturated carbocycles. The molecule has 1 heterocycles. The van der Waals surface area contributed by atoms with Gasteiger partial charge in [-0.3, -0.25) is 9.89 Å². The zero-order valence-electron chi connectivity index (χ0n) is 15.3. The van der Waals surface area contributed by atoms with Gasteiger partial charge >= 0.3 is 0 Å². The summed E-state index contributed by atoms with van der Waals surface area (Å²) in [5.74, 6) is 1.82. The van der Waals surface area contributed by atoms with Gasteiger partial charge in [0.2, 0.25) is 0 Å². The van der Waals surface area contributed by atoms with Gasteiger partial charge < -0.3 is 0 Å². The van der Waals surface area contributed by atoms with Crippen LogP contribution >= 0.6 is 11.8 Å². The molecule has 0 aliphatic carbocycles. The van der Waals surface area contributed by atoms with Gasteiger partial charge in [0.1, 0.15) is 0 Å².